The number of hydrogen-bond acceptors (Lipinski definition) is 3. The maximum atomic E-state index is 12.0. The number of urea groups is 1. The van der Waals surface area contributed by atoms with Crippen molar-refractivity contribution in [2.45, 2.75) is 59.1 Å². The molecule has 21 heavy (non-hydrogen) atoms. The van der Waals surface area contributed by atoms with Crippen LogP contribution in [0, 0.1) is 11.3 Å². The Morgan fingerprint density at radius 2 is 1.90 bits per heavy atom. The molecule has 1 saturated heterocycles. The number of hydrogen-bond donors (Lipinski definition) is 3. The van der Waals surface area contributed by atoms with E-state index >= 15 is 0 Å². The van der Waals surface area contributed by atoms with Gasteiger partial charge in [0.05, 0.1) is 17.1 Å². The van der Waals surface area contributed by atoms with Crippen LogP contribution in [0.3, 0.4) is 0 Å². The van der Waals surface area contributed by atoms with Gasteiger partial charge in [0.1, 0.15) is 0 Å². The van der Waals surface area contributed by atoms with Crippen LogP contribution in [0.15, 0.2) is 0 Å². The van der Waals surface area contributed by atoms with E-state index in [-0.39, 0.29) is 12.1 Å². The fourth-order valence-corrected chi connectivity index (χ4v) is 2.35. The highest BCUT2D eigenvalue weighted by atomic mass is 16.5. The molecule has 1 rings (SSSR count). The minimum atomic E-state index is -1.06. The van der Waals surface area contributed by atoms with E-state index in [0.29, 0.717) is 12.5 Å². The third-order valence-electron chi connectivity index (χ3n) is 4.80. The number of carboxylic acids is 1. The van der Waals surface area contributed by atoms with E-state index in [4.69, 9.17) is 4.74 Å². The molecule has 2 amide bonds. The summed E-state index contributed by atoms with van der Waals surface area (Å²) in [5, 5.41) is 14.9. The molecule has 2 atom stereocenters. The minimum Gasteiger partial charge on any atom is -0.481 e. The van der Waals surface area contributed by atoms with E-state index in [1.807, 2.05) is 0 Å². The molecular weight excluding hydrogens is 272 g/mol. The summed E-state index contributed by atoms with van der Waals surface area (Å²) in [7, 11) is 0. The lowest BCUT2D eigenvalue weighted by Crippen LogP contribution is -2.59. The predicted molar refractivity (Wildman–Crippen MR) is 80.2 cm³/mol. The quantitative estimate of drug-likeness (QED) is 0.700. The highest BCUT2D eigenvalue weighted by molar-refractivity contribution is 5.79. The van der Waals surface area contributed by atoms with Crippen molar-refractivity contribution < 1.29 is 19.4 Å². The molecule has 1 aliphatic heterocycles. The van der Waals surface area contributed by atoms with Gasteiger partial charge in [0, 0.05) is 19.1 Å². The molecule has 122 valence electrons. The van der Waals surface area contributed by atoms with Crippen molar-refractivity contribution in [1.82, 2.24) is 10.6 Å². The van der Waals surface area contributed by atoms with Gasteiger partial charge in [0.2, 0.25) is 0 Å². The number of amides is 2. The van der Waals surface area contributed by atoms with Crippen LogP contribution in [0.5, 0.6) is 0 Å². The summed E-state index contributed by atoms with van der Waals surface area (Å²) < 4.78 is 5.58. The maximum absolute atomic E-state index is 12.0. The summed E-state index contributed by atoms with van der Waals surface area (Å²) in [5.74, 6) is -0.612. The van der Waals surface area contributed by atoms with Crippen molar-refractivity contribution >= 4 is 12.0 Å². The normalized spacial score (nSPS) is 22.9. The zero-order valence-corrected chi connectivity index (χ0v) is 13.7. The zero-order chi connectivity index (χ0) is 16.3. The van der Waals surface area contributed by atoms with Gasteiger partial charge in [-0.25, -0.2) is 4.79 Å². The summed E-state index contributed by atoms with van der Waals surface area (Å²) in [6, 6.07) is -0.337. The molecule has 0 aromatic heterocycles. The number of aliphatic carboxylic acids is 1. The fourth-order valence-electron chi connectivity index (χ4n) is 2.35. The summed E-state index contributed by atoms with van der Waals surface area (Å²) >= 11 is 0. The number of carboxylic acid groups (broad SMARTS) is 1. The molecule has 1 aliphatic rings. The van der Waals surface area contributed by atoms with Gasteiger partial charge in [0.25, 0.3) is 0 Å². The lowest BCUT2D eigenvalue weighted by Gasteiger charge is -2.38. The number of ether oxygens (including phenoxy) is 1. The van der Waals surface area contributed by atoms with Crippen LogP contribution in [0.1, 0.15) is 47.5 Å². The number of carbonyl (C=O) groups is 2. The first kappa shape index (κ1) is 17.8. The van der Waals surface area contributed by atoms with Crippen LogP contribution in [-0.2, 0) is 9.53 Å². The molecule has 0 spiro atoms. The molecule has 6 heteroatoms. The lowest BCUT2D eigenvalue weighted by molar-refractivity contribution is -0.150. The molecule has 1 fully saturated rings. The van der Waals surface area contributed by atoms with Crippen LogP contribution in [0.25, 0.3) is 0 Å². The van der Waals surface area contributed by atoms with Crippen molar-refractivity contribution in [2.75, 3.05) is 13.2 Å². The summed E-state index contributed by atoms with van der Waals surface area (Å²) in [4.78, 5) is 23.3. The van der Waals surface area contributed by atoms with Crippen LogP contribution >= 0.6 is 0 Å². The summed E-state index contributed by atoms with van der Waals surface area (Å²) in [5.41, 5.74) is -1.92. The Kier molecular flexibility index (Phi) is 5.61. The Bertz CT molecular complexity index is 393. The van der Waals surface area contributed by atoms with Crippen LogP contribution in [0.2, 0.25) is 0 Å². The Hall–Kier alpha value is -1.30. The molecule has 0 saturated carbocycles. The second kappa shape index (κ2) is 6.64. The molecule has 6 nitrogen and oxygen atoms in total. The standard InChI is InChI=1S/C15H28N2O4/c1-6-11-10(7-8-21-11)9-16-13(20)17-15(4,5)14(2,3)12(18)19/h10-11H,6-9H2,1-5H3,(H,18,19)(H2,16,17,20). The molecular formula is C15H28N2O4. The largest absolute Gasteiger partial charge is 0.481 e. The lowest BCUT2D eigenvalue weighted by atomic mass is 9.74. The number of nitrogens with one attached hydrogen (secondary N) is 2. The van der Waals surface area contributed by atoms with Gasteiger partial charge in [-0.1, -0.05) is 6.92 Å². The average molecular weight is 300 g/mol. The van der Waals surface area contributed by atoms with Crippen molar-refractivity contribution in [3.63, 3.8) is 0 Å². The van der Waals surface area contributed by atoms with Gasteiger partial charge in [-0.15, -0.1) is 0 Å². The Morgan fingerprint density at radius 3 is 2.43 bits per heavy atom. The molecule has 0 bridgehead atoms. The third kappa shape index (κ3) is 4.09. The van der Waals surface area contributed by atoms with Gasteiger partial charge in [-0.3, -0.25) is 4.79 Å². The van der Waals surface area contributed by atoms with Crippen molar-refractivity contribution in [1.29, 1.82) is 0 Å². The Labute approximate surface area is 126 Å². The van der Waals surface area contributed by atoms with Gasteiger partial charge in [-0.05, 0) is 40.5 Å². The van der Waals surface area contributed by atoms with E-state index in [2.05, 4.69) is 17.6 Å². The van der Waals surface area contributed by atoms with Crippen LogP contribution in [0.4, 0.5) is 4.79 Å². The van der Waals surface area contributed by atoms with Crippen molar-refractivity contribution in [2.24, 2.45) is 11.3 Å². The van der Waals surface area contributed by atoms with Gasteiger partial charge < -0.3 is 20.5 Å². The average Bonchev–Trinajstić information content (AvgIpc) is 2.82. The molecule has 0 radical (unpaired) electrons. The molecule has 3 N–H and O–H groups in total. The SMILES string of the molecule is CCC1OCCC1CNC(=O)NC(C)(C)C(C)(C)C(=O)O. The molecule has 0 aliphatic carbocycles. The predicted octanol–water partition coefficient (Wildman–Crippen LogP) is 1.99. The van der Waals surface area contributed by atoms with Crippen molar-refractivity contribution in [3.8, 4) is 0 Å². The Balaban J connectivity index is 2.51. The van der Waals surface area contributed by atoms with E-state index < -0.39 is 16.9 Å². The second-order valence-corrected chi connectivity index (χ2v) is 6.76. The second-order valence-electron chi connectivity index (χ2n) is 6.76. The van der Waals surface area contributed by atoms with E-state index in [1.54, 1.807) is 27.7 Å². The van der Waals surface area contributed by atoms with E-state index in [0.717, 1.165) is 19.4 Å². The first-order chi connectivity index (χ1) is 9.61. The first-order valence-corrected chi connectivity index (χ1v) is 7.52. The Morgan fingerprint density at radius 1 is 1.29 bits per heavy atom. The highest BCUT2D eigenvalue weighted by Gasteiger charge is 2.44. The molecule has 0 aromatic carbocycles. The zero-order valence-electron chi connectivity index (χ0n) is 13.7. The minimum absolute atomic E-state index is 0.203. The number of rotatable bonds is 6. The van der Waals surface area contributed by atoms with Crippen LogP contribution < -0.4 is 10.6 Å². The van der Waals surface area contributed by atoms with Gasteiger partial charge in [-0.2, -0.15) is 0 Å². The monoisotopic (exact) mass is 300 g/mol. The summed E-state index contributed by atoms with van der Waals surface area (Å²) in [6.45, 7) is 10.0. The fraction of sp³-hybridized carbons (Fsp3) is 0.867. The smallest absolute Gasteiger partial charge is 0.315 e. The maximum Gasteiger partial charge on any atom is 0.315 e. The third-order valence-corrected chi connectivity index (χ3v) is 4.80. The van der Waals surface area contributed by atoms with Gasteiger partial charge >= 0.3 is 12.0 Å². The topological polar surface area (TPSA) is 87.7 Å². The molecule has 0 aromatic rings. The van der Waals surface area contributed by atoms with E-state index in [9.17, 15) is 14.7 Å². The molecule has 2 unspecified atom stereocenters. The first-order valence-electron chi connectivity index (χ1n) is 7.52. The summed E-state index contributed by atoms with van der Waals surface area (Å²) in [6.07, 6.45) is 2.09. The van der Waals surface area contributed by atoms with E-state index in [1.165, 1.54) is 0 Å². The number of carbonyl (C=O) groups excluding carboxylic acids is 1. The highest BCUT2D eigenvalue weighted by Crippen LogP contribution is 2.30. The molecule has 1 heterocycles. The van der Waals surface area contributed by atoms with Crippen molar-refractivity contribution in [3.05, 3.63) is 0 Å². The van der Waals surface area contributed by atoms with Gasteiger partial charge in [0.15, 0.2) is 0 Å². The van der Waals surface area contributed by atoms with Crippen LogP contribution in [-0.4, -0.2) is 41.9 Å².